The van der Waals surface area contributed by atoms with Gasteiger partial charge >= 0.3 is 6.18 Å². The van der Waals surface area contributed by atoms with Crippen molar-refractivity contribution in [1.29, 1.82) is 0 Å². The lowest BCUT2D eigenvalue weighted by Crippen LogP contribution is -2.55. The Morgan fingerprint density at radius 3 is 2.48 bits per heavy atom. The first-order valence-corrected chi connectivity index (χ1v) is 11.6. The second-order valence-corrected chi connectivity index (χ2v) is 9.03. The number of amidine groups is 1. The Hall–Kier alpha value is -2.30. The van der Waals surface area contributed by atoms with Crippen LogP contribution in [0.3, 0.4) is 0 Å². The maximum absolute atomic E-state index is 13.5. The minimum atomic E-state index is -4.54. The molecule has 1 saturated heterocycles. The second kappa shape index (κ2) is 11.2. The largest absolute Gasteiger partial charge is 0.431 e. The van der Waals surface area contributed by atoms with Gasteiger partial charge in [-0.1, -0.05) is 26.0 Å². The number of allylic oxidation sites excluding steroid dienone is 4. The van der Waals surface area contributed by atoms with E-state index in [1.807, 2.05) is 17.9 Å². The minimum absolute atomic E-state index is 0.0734. The smallest absolute Gasteiger partial charge is 0.347 e. The van der Waals surface area contributed by atoms with Crippen LogP contribution >= 0.6 is 11.9 Å². The van der Waals surface area contributed by atoms with Crippen molar-refractivity contribution in [2.75, 3.05) is 31.5 Å². The van der Waals surface area contributed by atoms with Crippen LogP contribution in [0.4, 0.5) is 23.2 Å². The molecule has 10 heteroatoms. The lowest BCUT2D eigenvalue weighted by atomic mass is 10.2. The molecule has 2 aliphatic heterocycles. The van der Waals surface area contributed by atoms with E-state index in [0.717, 1.165) is 24.5 Å². The molecule has 1 fully saturated rings. The van der Waals surface area contributed by atoms with E-state index in [4.69, 9.17) is 0 Å². The first kappa shape index (κ1) is 25.3. The molecule has 2 heterocycles. The molecule has 0 bridgehead atoms. The van der Waals surface area contributed by atoms with Crippen molar-refractivity contribution in [3.63, 3.8) is 0 Å². The van der Waals surface area contributed by atoms with Crippen molar-refractivity contribution in [2.45, 2.75) is 39.2 Å². The fourth-order valence-corrected chi connectivity index (χ4v) is 4.64. The molecule has 33 heavy (non-hydrogen) atoms. The number of anilines is 1. The highest BCUT2D eigenvalue weighted by molar-refractivity contribution is 8.00. The van der Waals surface area contributed by atoms with Crippen molar-refractivity contribution in [3.8, 4) is 0 Å². The van der Waals surface area contributed by atoms with Crippen LogP contribution in [0.2, 0.25) is 0 Å². The molecule has 0 amide bonds. The van der Waals surface area contributed by atoms with Crippen LogP contribution in [0.1, 0.15) is 26.7 Å². The van der Waals surface area contributed by atoms with Crippen molar-refractivity contribution in [3.05, 3.63) is 65.0 Å². The minimum Gasteiger partial charge on any atom is -0.347 e. The Morgan fingerprint density at radius 1 is 1.24 bits per heavy atom. The van der Waals surface area contributed by atoms with Gasteiger partial charge in [-0.15, -0.1) is 0 Å². The Balaban J connectivity index is 1.69. The van der Waals surface area contributed by atoms with Gasteiger partial charge < -0.3 is 10.6 Å². The zero-order chi connectivity index (χ0) is 24.0. The zero-order valence-electron chi connectivity index (χ0n) is 18.8. The summed E-state index contributed by atoms with van der Waals surface area (Å²) in [6, 6.07) is 5.39. The first-order chi connectivity index (χ1) is 15.7. The average molecular weight is 484 g/mol. The fourth-order valence-electron chi connectivity index (χ4n) is 3.46. The number of nitrogens with zero attached hydrogens (tertiary/aromatic N) is 3. The van der Waals surface area contributed by atoms with Crippen LogP contribution in [0, 0.1) is 5.82 Å². The van der Waals surface area contributed by atoms with Crippen molar-refractivity contribution < 1.29 is 17.6 Å². The third-order valence-electron chi connectivity index (χ3n) is 5.33. The van der Waals surface area contributed by atoms with E-state index in [-0.39, 0.29) is 5.84 Å². The molecule has 1 unspecified atom stereocenters. The number of hydrogen-bond acceptors (Lipinski definition) is 6. The Morgan fingerprint density at radius 2 is 1.91 bits per heavy atom. The first-order valence-electron chi connectivity index (χ1n) is 10.8. The number of benzene rings is 1. The van der Waals surface area contributed by atoms with Crippen molar-refractivity contribution >= 4 is 23.5 Å². The molecule has 1 aromatic carbocycles. The van der Waals surface area contributed by atoms with Crippen LogP contribution < -0.4 is 10.6 Å². The summed E-state index contributed by atoms with van der Waals surface area (Å²) in [5.41, 5.74) is 0.751. The van der Waals surface area contributed by atoms with E-state index < -0.39 is 24.0 Å². The monoisotopic (exact) mass is 483 g/mol. The maximum Gasteiger partial charge on any atom is 0.431 e. The summed E-state index contributed by atoms with van der Waals surface area (Å²) in [5, 5.41) is 5.38. The van der Waals surface area contributed by atoms with Crippen molar-refractivity contribution in [2.24, 2.45) is 4.99 Å². The molecule has 0 aromatic heterocycles. The van der Waals surface area contributed by atoms with Crippen molar-refractivity contribution in [1.82, 2.24) is 14.5 Å². The lowest BCUT2D eigenvalue weighted by Gasteiger charge is -2.39. The van der Waals surface area contributed by atoms with Crippen LogP contribution in [0.15, 0.2) is 64.2 Å². The molecular weight excluding hydrogens is 454 g/mol. The van der Waals surface area contributed by atoms with Crippen LogP contribution in [-0.4, -0.2) is 53.7 Å². The van der Waals surface area contributed by atoms with Gasteiger partial charge in [-0.3, -0.25) is 4.90 Å². The second-order valence-electron chi connectivity index (χ2n) is 7.84. The zero-order valence-corrected chi connectivity index (χ0v) is 19.6. The number of alkyl halides is 3. The molecule has 1 atom stereocenters. The molecule has 5 nitrogen and oxygen atoms in total. The third kappa shape index (κ3) is 7.09. The lowest BCUT2D eigenvalue weighted by molar-refractivity contribution is -0.100. The van der Waals surface area contributed by atoms with Crippen LogP contribution in [0.5, 0.6) is 0 Å². The molecule has 180 valence electrons. The number of rotatable bonds is 7. The van der Waals surface area contributed by atoms with Gasteiger partial charge in [-0.05, 0) is 55.1 Å². The summed E-state index contributed by atoms with van der Waals surface area (Å²) in [6.45, 7) is 10.6. The van der Waals surface area contributed by atoms with Gasteiger partial charge in [0.2, 0.25) is 0 Å². The van der Waals surface area contributed by atoms with Gasteiger partial charge in [0.15, 0.2) is 6.29 Å². The molecule has 1 aromatic rings. The van der Waals surface area contributed by atoms with E-state index in [2.05, 4.69) is 33.4 Å². The highest BCUT2D eigenvalue weighted by Crippen LogP contribution is 2.31. The Kier molecular flexibility index (Phi) is 8.61. The van der Waals surface area contributed by atoms with E-state index in [9.17, 15) is 17.6 Å². The summed E-state index contributed by atoms with van der Waals surface area (Å²) >= 11 is 1.70. The predicted molar refractivity (Wildman–Crippen MR) is 127 cm³/mol. The van der Waals surface area contributed by atoms with E-state index >= 15 is 0 Å². The van der Waals surface area contributed by atoms with Gasteiger partial charge in [0.1, 0.15) is 17.3 Å². The van der Waals surface area contributed by atoms with E-state index in [1.165, 1.54) is 29.2 Å². The summed E-state index contributed by atoms with van der Waals surface area (Å²) in [4.78, 5) is 7.61. The quantitative estimate of drug-likeness (QED) is 0.305. The molecule has 0 radical (unpaired) electrons. The standard InChI is InChI=1S/C23H29F4N5S/c1-4-6-19(16(3)5-2)33-32-13-11-31(12-14-32)22-29-20(23(25,26)27)15-21(30-22)28-18-9-7-17(24)8-10-18/h5,7-10,15,22,29H,2,4,6,11-14H2,1,3H3,(H,28,30)/b19-16-. The average Bonchev–Trinajstić information content (AvgIpc) is 2.79. The van der Waals surface area contributed by atoms with Gasteiger partial charge in [0.25, 0.3) is 0 Å². The maximum atomic E-state index is 13.5. The molecule has 2 N–H and O–H groups in total. The van der Waals surface area contributed by atoms with Crippen LogP contribution in [-0.2, 0) is 0 Å². The summed E-state index contributed by atoms with van der Waals surface area (Å²) in [5.74, 6) is -0.350. The molecule has 3 rings (SSSR count). The van der Waals surface area contributed by atoms with Gasteiger partial charge in [-0.2, -0.15) is 13.2 Å². The molecule has 0 saturated carbocycles. The Bertz CT molecular complexity index is 916. The number of nitrogens with one attached hydrogen (secondary N) is 2. The Labute approximate surface area is 196 Å². The third-order valence-corrected chi connectivity index (χ3v) is 6.70. The highest BCUT2D eigenvalue weighted by Gasteiger charge is 2.39. The summed E-state index contributed by atoms with van der Waals surface area (Å²) in [7, 11) is 0. The van der Waals surface area contributed by atoms with Crippen LogP contribution in [0.25, 0.3) is 0 Å². The normalized spacial score (nSPS) is 21.0. The predicted octanol–water partition coefficient (Wildman–Crippen LogP) is 5.50. The number of hydrogen-bond donors (Lipinski definition) is 2. The molecular formula is C23H29F4N5S. The summed E-state index contributed by atoms with van der Waals surface area (Å²) < 4.78 is 56.0. The number of aliphatic imine (C=N–C) groups is 1. The fraction of sp³-hybridized carbons (Fsp3) is 0.435. The SMILES string of the molecule is C=C/C(C)=C(/CCC)SN1CCN(C2N=C(Nc3ccc(F)cc3)C=C(C(F)(F)F)N2)CC1. The van der Waals surface area contributed by atoms with Gasteiger partial charge in [-0.25, -0.2) is 13.7 Å². The molecule has 0 spiro atoms. The van der Waals surface area contributed by atoms with E-state index in [1.54, 1.807) is 11.9 Å². The van der Waals surface area contributed by atoms with E-state index in [0.29, 0.717) is 31.9 Å². The topological polar surface area (TPSA) is 42.9 Å². The molecule has 2 aliphatic rings. The number of halogens is 4. The number of piperazine rings is 1. The van der Waals surface area contributed by atoms with Gasteiger partial charge in [0, 0.05) is 42.8 Å². The molecule has 0 aliphatic carbocycles. The summed E-state index contributed by atoms with van der Waals surface area (Å²) in [6.07, 6.45) is -0.590. The van der Waals surface area contributed by atoms with Gasteiger partial charge in [0.05, 0.1) is 0 Å². The highest BCUT2D eigenvalue weighted by atomic mass is 32.2.